The second-order valence-corrected chi connectivity index (χ2v) is 5.79. The summed E-state index contributed by atoms with van der Waals surface area (Å²) in [7, 11) is 6.27. The first-order valence-corrected chi connectivity index (χ1v) is 8.25. The quantitative estimate of drug-likeness (QED) is 0.780. The average molecular weight is 359 g/mol. The van der Waals surface area contributed by atoms with Crippen molar-refractivity contribution in [1.82, 2.24) is 0 Å². The molecule has 0 aliphatic heterocycles. The topological polar surface area (TPSA) is 66.0 Å². The Bertz CT molecular complexity index is 748. The van der Waals surface area contributed by atoms with E-state index in [0.717, 1.165) is 11.1 Å². The van der Waals surface area contributed by atoms with Gasteiger partial charge in [-0.25, -0.2) is 0 Å². The summed E-state index contributed by atoms with van der Waals surface area (Å²) in [5, 5.41) is 2.90. The number of nitrogens with one attached hydrogen (secondary N) is 1. The largest absolute Gasteiger partial charge is 0.495 e. The van der Waals surface area contributed by atoms with Crippen LogP contribution in [0.5, 0.6) is 23.0 Å². The molecule has 0 aliphatic carbocycles. The van der Waals surface area contributed by atoms with Gasteiger partial charge in [-0.05, 0) is 48.7 Å². The second-order valence-electron chi connectivity index (χ2n) is 5.79. The first-order valence-electron chi connectivity index (χ1n) is 8.25. The van der Waals surface area contributed by atoms with Gasteiger partial charge in [0.15, 0.2) is 11.5 Å². The molecule has 1 amide bonds. The Hall–Kier alpha value is -2.89. The third-order valence-electron chi connectivity index (χ3n) is 3.99. The molecule has 0 aliphatic rings. The molecule has 1 N–H and O–H groups in total. The Labute approximate surface area is 154 Å². The minimum atomic E-state index is -0.0948. The Kier molecular flexibility index (Phi) is 6.72. The maximum Gasteiger partial charge on any atom is 0.224 e. The van der Waals surface area contributed by atoms with Crippen molar-refractivity contribution < 1.29 is 23.7 Å². The first kappa shape index (κ1) is 19.4. The number of hydrogen-bond acceptors (Lipinski definition) is 5. The molecule has 26 heavy (non-hydrogen) atoms. The molecule has 2 rings (SSSR count). The average Bonchev–Trinajstić information content (AvgIpc) is 2.65. The zero-order valence-corrected chi connectivity index (χ0v) is 15.8. The van der Waals surface area contributed by atoms with Crippen LogP contribution in [0, 0.1) is 6.92 Å². The number of benzene rings is 2. The van der Waals surface area contributed by atoms with Crippen LogP contribution in [-0.4, -0.2) is 34.3 Å². The van der Waals surface area contributed by atoms with Gasteiger partial charge in [-0.3, -0.25) is 4.79 Å². The molecule has 0 atom stereocenters. The van der Waals surface area contributed by atoms with Gasteiger partial charge in [0, 0.05) is 6.42 Å². The fourth-order valence-electron chi connectivity index (χ4n) is 2.67. The molecule has 0 saturated heterocycles. The Balaban J connectivity index is 2.09. The van der Waals surface area contributed by atoms with E-state index in [1.54, 1.807) is 28.4 Å². The zero-order chi connectivity index (χ0) is 19.1. The van der Waals surface area contributed by atoms with Gasteiger partial charge in [0.05, 0.1) is 34.1 Å². The SMILES string of the molecule is COc1ccc(C)cc1NC(=O)CCc1cc(OC)c(OC)c(OC)c1. The third kappa shape index (κ3) is 4.59. The van der Waals surface area contributed by atoms with Gasteiger partial charge in [-0.2, -0.15) is 0 Å². The van der Waals surface area contributed by atoms with Crippen molar-refractivity contribution in [2.45, 2.75) is 19.8 Å². The van der Waals surface area contributed by atoms with E-state index < -0.39 is 0 Å². The zero-order valence-electron chi connectivity index (χ0n) is 15.8. The number of carbonyl (C=O) groups excluding carboxylic acids is 1. The number of hydrogen-bond donors (Lipinski definition) is 1. The van der Waals surface area contributed by atoms with E-state index >= 15 is 0 Å². The molecule has 0 radical (unpaired) electrons. The van der Waals surface area contributed by atoms with Crippen molar-refractivity contribution in [3.63, 3.8) is 0 Å². The van der Waals surface area contributed by atoms with E-state index in [1.165, 1.54) is 0 Å². The lowest BCUT2D eigenvalue weighted by Crippen LogP contribution is -2.13. The standard InChI is InChI=1S/C20H25NO5/c1-13-6-8-16(23-2)15(10-13)21-19(22)9-7-14-11-17(24-3)20(26-5)18(12-14)25-4/h6,8,10-12H,7,9H2,1-5H3,(H,21,22). The Morgan fingerprint density at radius 2 is 1.50 bits per heavy atom. The van der Waals surface area contributed by atoms with Crippen molar-refractivity contribution in [1.29, 1.82) is 0 Å². The Morgan fingerprint density at radius 1 is 0.885 bits per heavy atom. The van der Waals surface area contributed by atoms with Crippen molar-refractivity contribution in [3.05, 3.63) is 41.5 Å². The summed E-state index contributed by atoms with van der Waals surface area (Å²) in [6.07, 6.45) is 0.854. The molecule has 0 fully saturated rings. The van der Waals surface area contributed by atoms with E-state index in [-0.39, 0.29) is 5.91 Å². The van der Waals surface area contributed by atoms with E-state index in [9.17, 15) is 4.79 Å². The van der Waals surface area contributed by atoms with Crippen molar-refractivity contribution in [3.8, 4) is 23.0 Å². The van der Waals surface area contributed by atoms with Crippen molar-refractivity contribution in [2.24, 2.45) is 0 Å². The maximum absolute atomic E-state index is 12.3. The highest BCUT2D eigenvalue weighted by molar-refractivity contribution is 5.92. The van der Waals surface area contributed by atoms with Crippen molar-refractivity contribution >= 4 is 11.6 Å². The van der Waals surface area contributed by atoms with Crippen molar-refractivity contribution in [2.75, 3.05) is 33.8 Å². The molecule has 0 saturated carbocycles. The van der Waals surface area contributed by atoms with Crippen LogP contribution >= 0.6 is 0 Å². The van der Waals surface area contributed by atoms with Crippen LogP contribution in [-0.2, 0) is 11.2 Å². The minimum Gasteiger partial charge on any atom is -0.495 e. The molecule has 6 nitrogen and oxygen atoms in total. The smallest absolute Gasteiger partial charge is 0.224 e. The molecule has 140 valence electrons. The van der Waals surface area contributed by atoms with Crippen LogP contribution < -0.4 is 24.3 Å². The maximum atomic E-state index is 12.3. The molecular weight excluding hydrogens is 334 g/mol. The molecule has 2 aromatic rings. The molecule has 0 aromatic heterocycles. The number of anilines is 1. The summed E-state index contributed by atoms with van der Waals surface area (Å²) in [5.41, 5.74) is 2.64. The highest BCUT2D eigenvalue weighted by Gasteiger charge is 2.14. The third-order valence-corrected chi connectivity index (χ3v) is 3.99. The number of methoxy groups -OCH3 is 4. The van der Waals surface area contributed by atoms with E-state index in [2.05, 4.69) is 5.32 Å². The lowest BCUT2D eigenvalue weighted by atomic mass is 10.1. The number of ether oxygens (including phenoxy) is 4. The fraction of sp³-hybridized carbons (Fsp3) is 0.350. The predicted octanol–water partition coefficient (Wildman–Crippen LogP) is 3.60. The number of rotatable bonds is 8. The van der Waals surface area contributed by atoms with Crippen LogP contribution in [0.3, 0.4) is 0 Å². The van der Waals surface area contributed by atoms with Gasteiger partial charge < -0.3 is 24.3 Å². The van der Waals surface area contributed by atoms with Crippen LogP contribution in [0.15, 0.2) is 30.3 Å². The van der Waals surface area contributed by atoms with Gasteiger partial charge in [0.25, 0.3) is 0 Å². The van der Waals surface area contributed by atoms with E-state index in [0.29, 0.717) is 41.5 Å². The summed E-state index contributed by atoms with van der Waals surface area (Å²) in [4.78, 5) is 12.3. The van der Waals surface area contributed by atoms with Gasteiger partial charge in [-0.15, -0.1) is 0 Å². The Morgan fingerprint density at radius 3 is 2.04 bits per heavy atom. The first-order chi connectivity index (χ1) is 12.5. The van der Waals surface area contributed by atoms with Gasteiger partial charge in [-0.1, -0.05) is 6.07 Å². The molecule has 0 unspecified atom stereocenters. The molecular formula is C20H25NO5. The molecule has 2 aromatic carbocycles. The van der Waals surface area contributed by atoms with Crippen LogP contribution in [0.4, 0.5) is 5.69 Å². The fourth-order valence-corrected chi connectivity index (χ4v) is 2.67. The van der Waals surface area contributed by atoms with Gasteiger partial charge >= 0.3 is 0 Å². The molecule has 0 heterocycles. The lowest BCUT2D eigenvalue weighted by molar-refractivity contribution is -0.116. The second kappa shape index (κ2) is 8.99. The van der Waals surface area contributed by atoms with Gasteiger partial charge in [0.1, 0.15) is 5.75 Å². The summed E-state index contributed by atoms with van der Waals surface area (Å²) in [5.74, 6) is 2.22. The van der Waals surface area contributed by atoms with E-state index in [4.69, 9.17) is 18.9 Å². The number of carbonyl (C=O) groups is 1. The van der Waals surface area contributed by atoms with Crippen LogP contribution in [0.1, 0.15) is 17.5 Å². The number of aryl methyl sites for hydroxylation is 2. The normalized spacial score (nSPS) is 10.2. The summed E-state index contributed by atoms with van der Waals surface area (Å²) < 4.78 is 21.3. The van der Waals surface area contributed by atoms with Crippen LogP contribution in [0.2, 0.25) is 0 Å². The van der Waals surface area contributed by atoms with Gasteiger partial charge in [0.2, 0.25) is 11.7 Å². The van der Waals surface area contributed by atoms with E-state index in [1.807, 2.05) is 37.3 Å². The summed E-state index contributed by atoms with van der Waals surface area (Å²) in [6.45, 7) is 1.96. The predicted molar refractivity (Wildman–Crippen MR) is 101 cm³/mol. The summed E-state index contributed by atoms with van der Waals surface area (Å²) >= 11 is 0. The monoisotopic (exact) mass is 359 g/mol. The highest BCUT2D eigenvalue weighted by Crippen LogP contribution is 2.38. The lowest BCUT2D eigenvalue weighted by Gasteiger charge is -2.14. The molecule has 0 bridgehead atoms. The molecule has 0 spiro atoms. The molecule has 6 heteroatoms. The minimum absolute atomic E-state index is 0.0948. The highest BCUT2D eigenvalue weighted by atomic mass is 16.5. The number of amides is 1. The summed E-state index contributed by atoms with van der Waals surface area (Å²) in [6, 6.07) is 9.36. The van der Waals surface area contributed by atoms with Crippen LogP contribution in [0.25, 0.3) is 0 Å².